The summed E-state index contributed by atoms with van der Waals surface area (Å²) in [6.07, 6.45) is 0.403. The van der Waals surface area contributed by atoms with Crippen molar-refractivity contribution in [3.8, 4) is 0 Å². The molecular formula is C13H16ClN3O2S. The number of anilines is 1. The summed E-state index contributed by atoms with van der Waals surface area (Å²) < 4.78 is 5.93. The summed E-state index contributed by atoms with van der Waals surface area (Å²) in [5, 5.41) is 7.38. The second kappa shape index (κ2) is 7.42. The van der Waals surface area contributed by atoms with Crippen molar-refractivity contribution in [1.29, 1.82) is 0 Å². The number of rotatable bonds is 7. The van der Waals surface area contributed by atoms with Crippen LogP contribution in [-0.2, 0) is 9.53 Å². The van der Waals surface area contributed by atoms with Crippen LogP contribution in [-0.4, -0.2) is 37.7 Å². The van der Waals surface area contributed by atoms with Gasteiger partial charge in [-0.15, -0.1) is 0 Å². The number of hydrogen-bond donors (Lipinski definition) is 2. The number of nitrogens with zero attached hydrogens (tertiary/aromatic N) is 1. The summed E-state index contributed by atoms with van der Waals surface area (Å²) in [7, 11) is 1.60. The Morgan fingerprint density at radius 1 is 1.45 bits per heavy atom. The summed E-state index contributed by atoms with van der Waals surface area (Å²) in [5.74, 6) is -0.00120. The first-order chi connectivity index (χ1) is 9.69. The molecule has 0 radical (unpaired) electrons. The van der Waals surface area contributed by atoms with Crippen LogP contribution in [0.15, 0.2) is 18.2 Å². The second-order valence-corrected chi connectivity index (χ2v) is 5.62. The Labute approximate surface area is 126 Å². The van der Waals surface area contributed by atoms with Gasteiger partial charge in [0.2, 0.25) is 5.91 Å². The van der Waals surface area contributed by atoms with Gasteiger partial charge in [-0.1, -0.05) is 22.9 Å². The van der Waals surface area contributed by atoms with Gasteiger partial charge in [-0.2, -0.15) is 0 Å². The molecule has 0 aliphatic rings. The van der Waals surface area contributed by atoms with E-state index >= 15 is 0 Å². The molecule has 0 aliphatic carbocycles. The van der Waals surface area contributed by atoms with Gasteiger partial charge in [0.25, 0.3) is 0 Å². The molecule has 0 saturated heterocycles. The zero-order chi connectivity index (χ0) is 14.4. The fourth-order valence-corrected chi connectivity index (χ4v) is 2.68. The van der Waals surface area contributed by atoms with E-state index in [2.05, 4.69) is 15.6 Å². The van der Waals surface area contributed by atoms with E-state index in [0.717, 1.165) is 15.3 Å². The van der Waals surface area contributed by atoms with Crippen LogP contribution in [0.2, 0.25) is 5.02 Å². The molecule has 0 unspecified atom stereocenters. The highest BCUT2D eigenvalue weighted by molar-refractivity contribution is 7.22. The van der Waals surface area contributed by atoms with Crippen LogP contribution in [0, 0.1) is 0 Å². The molecule has 2 N–H and O–H groups in total. The first-order valence-corrected chi connectivity index (χ1v) is 7.44. The molecular weight excluding hydrogens is 298 g/mol. The van der Waals surface area contributed by atoms with Gasteiger partial charge in [-0.25, -0.2) is 4.98 Å². The minimum atomic E-state index is -0.00120. The van der Waals surface area contributed by atoms with Crippen LogP contribution in [0.5, 0.6) is 0 Å². The lowest BCUT2D eigenvalue weighted by molar-refractivity contribution is -0.121. The molecule has 0 bridgehead atoms. The molecule has 108 valence electrons. The molecule has 20 heavy (non-hydrogen) atoms. The van der Waals surface area contributed by atoms with E-state index < -0.39 is 0 Å². The number of benzene rings is 1. The molecule has 0 fully saturated rings. The standard InChI is InChI=1S/C13H16ClN3O2S/c1-19-7-6-15-12(18)4-5-16-13-17-10-8-9(14)2-3-11(10)20-13/h2-3,8H,4-7H2,1H3,(H,15,18)(H,16,17). The number of nitrogens with one attached hydrogen (secondary N) is 2. The SMILES string of the molecule is COCCNC(=O)CCNc1nc2cc(Cl)ccc2s1. The first kappa shape index (κ1) is 15.0. The normalized spacial score (nSPS) is 10.7. The average Bonchev–Trinajstić information content (AvgIpc) is 2.81. The second-order valence-electron chi connectivity index (χ2n) is 4.15. The molecule has 0 spiro atoms. The quantitative estimate of drug-likeness (QED) is 0.771. The number of ether oxygens (including phenoxy) is 1. The molecule has 2 aromatic rings. The molecule has 0 atom stereocenters. The summed E-state index contributed by atoms with van der Waals surface area (Å²) in [6, 6.07) is 5.61. The number of carbonyl (C=O) groups excluding carboxylic acids is 1. The van der Waals surface area contributed by atoms with E-state index in [1.165, 1.54) is 0 Å². The summed E-state index contributed by atoms with van der Waals surface area (Å²) >= 11 is 7.46. The Balaban J connectivity index is 1.79. The van der Waals surface area contributed by atoms with Crippen molar-refractivity contribution < 1.29 is 9.53 Å². The zero-order valence-corrected chi connectivity index (χ0v) is 12.7. The topological polar surface area (TPSA) is 63.2 Å². The van der Waals surface area contributed by atoms with Crippen molar-refractivity contribution in [3.63, 3.8) is 0 Å². The smallest absolute Gasteiger partial charge is 0.221 e. The van der Waals surface area contributed by atoms with Gasteiger partial charge in [0.1, 0.15) is 0 Å². The van der Waals surface area contributed by atoms with Gasteiger partial charge < -0.3 is 15.4 Å². The number of hydrogen-bond acceptors (Lipinski definition) is 5. The van der Waals surface area contributed by atoms with Gasteiger partial charge in [-0.3, -0.25) is 4.79 Å². The molecule has 0 saturated carbocycles. The van der Waals surface area contributed by atoms with Gasteiger partial charge in [0.05, 0.1) is 16.8 Å². The molecule has 1 aromatic carbocycles. The number of aromatic nitrogens is 1. The molecule has 5 nitrogen and oxygen atoms in total. The van der Waals surface area contributed by atoms with Gasteiger partial charge >= 0.3 is 0 Å². The molecule has 1 amide bonds. The first-order valence-electron chi connectivity index (χ1n) is 6.24. The molecule has 1 heterocycles. The predicted molar refractivity (Wildman–Crippen MR) is 82.6 cm³/mol. The molecule has 2 rings (SSSR count). The Morgan fingerprint density at radius 3 is 3.10 bits per heavy atom. The maximum atomic E-state index is 11.5. The van der Waals surface area contributed by atoms with E-state index in [9.17, 15) is 4.79 Å². The third kappa shape index (κ3) is 4.33. The third-order valence-electron chi connectivity index (χ3n) is 2.61. The number of methoxy groups -OCH3 is 1. The van der Waals surface area contributed by atoms with Gasteiger partial charge in [-0.05, 0) is 18.2 Å². The Kier molecular flexibility index (Phi) is 5.58. The van der Waals surface area contributed by atoms with Crippen molar-refractivity contribution >= 4 is 44.2 Å². The number of thiazole rings is 1. The lowest BCUT2D eigenvalue weighted by atomic mass is 10.3. The van der Waals surface area contributed by atoms with Crippen LogP contribution < -0.4 is 10.6 Å². The van der Waals surface area contributed by atoms with Crippen LogP contribution >= 0.6 is 22.9 Å². The van der Waals surface area contributed by atoms with Crippen molar-refractivity contribution in [3.05, 3.63) is 23.2 Å². The van der Waals surface area contributed by atoms with E-state index in [1.807, 2.05) is 18.2 Å². The van der Waals surface area contributed by atoms with Crippen molar-refractivity contribution in [2.45, 2.75) is 6.42 Å². The van der Waals surface area contributed by atoms with Crippen LogP contribution in [0.25, 0.3) is 10.2 Å². The van der Waals surface area contributed by atoms with Gasteiger partial charge in [0.15, 0.2) is 5.13 Å². The summed E-state index contributed by atoms with van der Waals surface area (Å²) in [6.45, 7) is 1.61. The van der Waals surface area contributed by atoms with Crippen molar-refractivity contribution in [2.24, 2.45) is 0 Å². The minimum absolute atomic E-state index is 0.00120. The van der Waals surface area contributed by atoms with E-state index in [-0.39, 0.29) is 5.91 Å². The van der Waals surface area contributed by atoms with E-state index in [0.29, 0.717) is 31.1 Å². The highest BCUT2D eigenvalue weighted by atomic mass is 35.5. The summed E-state index contributed by atoms with van der Waals surface area (Å²) in [5.41, 5.74) is 0.870. The van der Waals surface area contributed by atoms with Gasteiger partial charge in [0, 0.05) is 31.6 Å². The highest BCUT2D eigenvalue weighted by Crippen LogP contribution is 2.27. The monoisotopic (exact) mass is 313 g/mol. The van der Waals surface area contributed by atoms with E-state index in [4.69, 9.17) is 16.3 Å². The van der Waals surface area contributed by atoms with Crippen molar-refractivity contribution in [2.75, 3.05) is 32.1 Å². The molecule has 0 aliphatic heterocycles. The molecule has 7 heteroatoms. The Morgan fingerprint density at radius 2 is 2.30 bits per heavy atom. The third-order valence-corrected chi connectivity index (χ3v) is 3.84. The fraction of sp³-hybridized carbons (Fsp3) is 0.385. The number of fused-ring (bicyclic) bond motifs is 1. The maximum absolute atomic E-state index is 11.5. The Hall–Kier alpha value is -1.37. The molecule has 1 aromatic heterocycles. The number of halogens is 1. The van der Waals surface area contributed by atoms with Crippen LogP contribution in [0.3, 0.4) is 0 Å². The van der Waals surface area contributed by atoms with Crippen molar-refractivity contribution in [1.82, 2.24) is 10.3 Å². The Bertz CT molecular complexity index is 588. The lowest BCUT2D eigenvalue weighted by Gasteiger charge is -2.04. The fourth-order valence-electron chi connectivity index (χ4n) is 1.64. The highest BCUT2D eigenvalue weighted by Gasteiger charge is 2.05. The zero-order valence-electron chi connectivity index (χ0n) is 11.1. The lowest BCUT2D eigenvalue weighted by Crippen LogP contribution is -2.28. The van der Waals surface area contributed by atoms with E-state index in [1.54, 1.807) is 18.4 Å². The number of carbonyl (C=O) groups is 1. The summed E-state index contributed by atoms with van der Waals surface area (Å²) in [4.78, 5) is 15.9. The van der Waals surface area contributed by atoms with Crippen LogP contribution in [0.4, 0.5) is 5.13 Å². The minimum Gasteiger partial charge on any atom is -0.383 e. The number of amides is 1. The predicted octanol–water partition coefficient (Wildman–Crippen LogP) is 2.51. The largest absolute Gasteiger partial charge is 0.383 e. The van der Waals surface area contributed by atoms with Crippen LogP contribution in [0.1, 0.15) is 6.42 Å². The maximum Gasteiger partial charge on any atom is 0.221 e. The average molecular weight is 314 g/mol.